The third-order valence-electron chi connectivity index (χ3n) is 2.03. The van der Waals surface area contributed by atoms with E-state index in [9.17, 15) is 10.2 Å². The number of rotatable bonds is 4. The van der Waals surface area contributed by atoms with Gasteiger partial charge in [0.05, 0.1) is 6.10 Å². The summed E-state index contributed by atoms with van der Waals surface area (Å²) >= 11 is 0. The number of aliphatic hydroxyl groups excluding tert-OH is 3. The molecule has 1 heterocycles. The fourth-order valence-electron chi connectivity index (χ4n) is 1.16. The fraction of sp³-hybridized carbons (Fsp3) is 0.400. The van der Waals surface area contributed by atoms with Crippen molar-refractivity contribution >= 4 is 0 Å². The molecular weight excluding hydrogens is 196 g/mol. The van der Waals surface area contributed by atoms with Gasteiger partial charge in [-0.2, -0.15) is 5.26 Å². The summed E-state index contributed by atoms with van der Waals surface area (Å²) < 4.78 is 0. The van der Waals surface area contributed by atoms with E-state index in [1.807, 2.05) is 6.07 Å². The van der Waals surface area contributed by atoms with Crippen LogP contribution >= 0.6 is 0 Å². The lowest BCUT2D eigenvalue weighted by molar-refractivity contribution is 0.00403. The molecule has 1 aromatic heterocycles. The van der Waals surface area contributed by atoms with Crippen molar-refractivity contribution in [1.29, 1.82) is 5.26 Å². The first-order chi connectivity index (χ1) is 7.19. The molecule has 1 rings (SSSR count). The molecule has 0 saturated heterocycles. The first kappa shape index (κ1) is 11.6. The van der Waals surface area contributed by atoms with Crippen LogP contribution < -0.4 is 0 Å². The molecule has 2 atom stereocenters. The standard InChI is InChI=1S/C10H12N2O3/c11-5-8-2-1-7(6-12-8)10(15)9(14)3-4-13/h1-2,6,9-10,13-15H,3-4H2. The van der Waals surface area contributed by atoms with Gasteiger partial charge in [0.2, 0.25) is 0 Å². The van der Waals surface area contributed by atoms with E-state index >= 15 is 0 Å². The molecule has 15 heavy (non-hydrogen) atoms. The maximum Gasteiger partial charge on any atom is 0.140 e. The Bertz CT molecular complexity index is 345. The van der Waals surface area contributed by atoms with Crippen molar-refractivity contribution in [2.75, 3.05) is 6.61 Å². The van der Waals surface area contributed by atoms with Gasteiger partial charge >= 0.3 is 0 Å². The van der Waals surface area contributed by atoms with Gasteiger partial charge in [0.15, 0.2) is 0 Å². The third kappa shape index (κ3) is 2.99. The molecule has 0 fully saturated rings. The number of nitriles is 1. The predicted octanol–water partition coefficient (Wildman–Crippen LogP) is -0.270. The highest BCUT2D eigenvalue weighted by atomic mass is 16.3. The van der Waals surface area contributed by atoms with Crippen LogP contribution in [0.2, 0.25) is 0 Å². The third-order valence-corrected chi connectivity index (χ3v) is 2.03. The predicted molar refractivity (Wildman–Crippen MR) is 51.6 cm³/mol. The Morgan fingerprint density at radius 2 is 2.13 bits per heavy atom. The maximum atomic E-state index is 9.60. The molecular formula is C10H12N2O3. The molecule has 0 amide bonds. The Morgan fingerprint density at radius 1 is 1.40 bits per heavy atom. The summed E-state index contributed by atoms with van der Waals surface area (Å²) in [7, 11) is 0. The Balaban J connectivity index is 2.74. The van der Waals surface area contributed by atoms with Crippen LogP contribution in [0.15, 0.2) is 18.3 Å². The quantitative estimate of drug-likeness (QED) is 0.632. The van der Waals surface area contributed by atoms with Gasteiger partial charge in [0.1, 0.15) is 17.9 Å². The van der Waals surface area contributed by atoms with Crippen LogP contribution in [0.4, 0.5) is 0 Å². The Morgan fingerprint density at radius 3 is 2.60 bits per heavy atom. The maximum absolute atomic E-state index is 9.60. The minimum Gasteiger partial charge on any atom is -0.396 e. The lowest BCUT2D eigenvalue weighted by Crippen LogP contribution is -2.19. The monoisotopic (exact) mass is 208 g/mol. The Kier molecular flexibility index (Phi) is 4.18. The molecule has 5 heteroatoms. The van der Waals surface area contributed by atoms with E-state index in [2.05, 4.69) is 4.98 Å². The summed E-state index contributed by atoms with van der Waals surface area (Å²) in [6.07, 6.45) is -0.674. The van der Waals surface area contributed by atoms with Gasteiger partial charge in [-0.3, -0.25) is 0 Å². The van der Waals surface area contributed by atoms with E-state index in [0.29, 0.717) is 5.56 Å². The Labute approximate surface area is 87.3 Å². The molecule has 0 radical (unpaired) electrons. The first-order valence-corrected chi connectivity index (χ1v) is 4.52. The van der Waals surface area contributed by atoms with Gasteiger partial charge in [-0.05, 0) is 12.5 Å². The molecule has 5 nitrogen and oxygen atoms in total. The average Bonchev–Trinajstić information content (AvgIpc) is 2.28. The number of hydrogen-bond acceptors (Lipinski definition) is 5. The molecule has 1 aromatic rings. The van der Waals surface area contributed by atoms with Crippen molar-refractivity contribution in [3.8, 4) is 6.07 Å². The van der Waals surface area contributed by atoms with Crippen molar-refractivity contribution in [1.82, 2.24) is 4.98 Å². The van der Waals surface area contributed by atoms with Crippen LogP contribution in [0.25, 0.3) is 0 Å². The van der Waals surface area contributed by atoms with Crippen LogP contribution in [-0.4, -0.2) is 33.0 Å². The van der Waals surface area contributed by atoms with Crippen molar-refractivity contribution in [2.24, 2.45) is 0 Å². The molecule has 80 valence electrons. The van der Waals surface area contributed by atoms with Crippen LogP contribution in [0.1, 0.15) is 23.8 Å². The molecule has 0 aliphatic carbocycles. The van der Waals surface area contributed by atoms with Gasteiger partial charge in [-0.1, -0.05) is 6.07 Å². The number of aliphatic hydroxyl groups is 3. The normalized spacial score (nSPS) is 14.3. The molecule has 0 bridgehead atoms. The first-order valence-electron chi connectivity index (χ1n) is 4.52. The van der Waals surface area contributed by atoms with Crippen molar-refractivity contribution < 1.29 is 15.3 Å². The number of aromatic nitrogens is 1. The summed E-state index contributed by atoms with van der Waals surface area (Å²) in [5, 5.41) is 36.1. The van der Waals surface area contributed by atoms with Crippen molar-refractivity contribution in [3.05, 3.63) is 29.6 Å². The SMILES string of the molecule is N#Cc1ccc(C(O)C(O)CCO)cn1. The highest BCUT2D eigenvalue weighted by Crippen LogP contribution is 2.17. The van der Waals surface area contributed by atoms with E-state index in [4.69, 9.17) is 10.4 Å². The minimum atomic E-state index is -1.09. The molecule has 0 spiro atoms. The summed E-state index contributed by atoms with van der Waals surface area (Å²) in [5.41, 5.74) is 0.678. The van der Waals surface area contributed by atoms with Crippen LogP contribution in [0, 0.1) is 11.3 Å². The zero-order valence-electron chi connectivity index (χ0n) is 8.04. The van der Waals surface area contributed by atoms with E-state index < -0.39 is 12.2 Å². The second kappa shape index (κ2) is 5.41. The molecule has 0 aliphatic heterocycles. The van der Waals surface area contributed by atoms with E-state index in [0.717, 1.165) is 0 Å². The lowest BCUT2D eigenvalue weighted by atomic mass is 10.0. The summed E-state index contributed by atoms with van der Waals surface area (Å²) in [5.74, 6) is 0. The molecule has 2 unspecified atom stereocenters. The summed E-state index contributed by atoms with van der Waals surface area (Å²) in [6, 6.07) is 4.84. The number of nitrogens with zero attached hydrogens (tertiary/aromatic N) is 2. The fourth-order valence-corrected chi connectivity index (χ4v) is 1.16. The van der Waals surface area contributed by atoms with Gasteiger partial charge < -0.3 is 15.3 Å². The summed E-state index contributed by atoms with van der Waals surface area (Å²) in [4.78, 5) is 3.77. The van der Waals surface area contributed by atoms with Gasteiger partial charge in [-0.25, -0.2) is 4.98 Å². The van der Waals surface area contributed by atoms with E-state index in [-0.39, 0.29) is 18.7 Å². The second-order valence-corrected chi connectivity index (χ2v) is 3.11. The van der Waals surface area contributed by atoms with Crippen molar-refractivity contribution in [2.45, 2.75) is 18.6 Å². The Hall–Kier alpha value is -1.48. The summed E-state index contributed by atoms with van der Waals surface area (Å²) in [6.45, 7) is -0.193. The number of pyridine rings is 1. The molecule has 3 N–H and O–H groups in total. The van der Waals surface area contributed by atoms with Crippen LogP contribution in [0.3, 0.4) is 0 Å². The highest BCUT2D eigenvalue weighted by Gasteiger charge is 2.17. The zero-order chi connectivity index (χ0) is 11.3. The van der Waals surface area contributed by atoms with Crippen LogP contribution in [-0.2, 0) is 0 Å². The molecule has 0 aromatic carbocycles. The number of hydrogen-bond donors (Lipinski definition) is 3. The molecule has 0 aliphatic rings. The minimum absolute atomic E-state index is 0.0984. The van der Waals surface area contributed by atoms with Gasteiger partial charge in [-0.15, -0.1) is 0 Å². The molecule has 0 saturated carbocycles. The van der Waals surface area contributed by atoms with E-state index in [1.165, 1.54) is 18.3 Å². The average molecular weight is 208 g/mol. The smallest absolute Gasteiger partial charge is 0.140 e. The topological polar surface area (TPSA) is 97.4 Å². The second-order valence-electron chi connectivity index (χ2n) is 3.11. The zero-order valence-corrected chi connectivity index (χ0v) is 8.04. The van der Waals surface area contributed by atoms with Gasteiger partial charge in [0.25, 0.3) is 0 Å². The highest BCUT2D eigenvalue weighted by molar-refractivity contribution is 5.24. The van der Waals surface area contributed by atoms with Crippen LogP contribution in [0.5, 0.6) is 0 Å². The van der Waals surface area contributed by atoms with Gasteiger partial charge in [0, 0.05) is 18.4 Å². The van der Waals surface area contributed by atoms with E-state index in [1.54, 1.807) is 0 Å². The lowest BCUT2D eigenvalue weighted by Gasteiger charge is -2.16. The van der Waals surface area contributed by atoms with Crippen molar-refractivity contribution in [3.63, 3.8) is 0 Å². The largest absolute Gasteiger partial charge is 0.396 e.